The molecule has 236 valence electrons. The summed E-state index contributed by atoms with van der Waals surface area (Å²) in [6.07, 6.45) is 0. The number of fused-ring (bicyclic) bond motifs is 10. The first-order valence-electron chi connectivity index (χ1n) is 17.4. The van der Waals surface area contributed by atoms with Crippen molar-refractivity contribution in [2.75, 3.05) is 0 Å². The highest BCUT2D eigenvalue weighted by Gasteiger charge is 2.23. The SMILES string of the molecule is c1ccc(-c2cccc(-n3c4ccccc4c4cc(-c5ccc6oc7c(cc8oc9cccc%10c%11ccccc%11c7c8c9%10)c6c5)ccc43)c2)cc1. The topological polar surface area (TPSA) is 31.2 Å². The van der Waals surface area contributed by atoms with Crippen LogP contribution in [-0.2, 0) is 0 Å². The first-order valence-corrected chi connectivity index (χ1v) is 17.4. The van der Waals surface area contributed by atoms with E-state index in [0.717, 1.165) is 55.1 Å². The third-order valence-corrected chi connectivity index (χ3v) is 10.9. The molecule has 0 N–H and O–H groups in total. The molecule has 12 aromatic rings. The van der Waals surface area contributed by atoms with Crippen LogP contribution in [0, 0.1) is 0 Å². The quantitative estimate of drug-likeness (QED) is 0.178. The van der Waals surface area contributed by atoms with Crippen molar-refractivity contribution in [2.45, 2.75) is 0 Å². The van der Waals surface area contributed by atoms with Crippen LogP contribution in [0.2, 0.25) is 0 Å². The Morgan fingerprint density at radius 2 is 0.980 bits per heavy atom. The zero-order chi connectivity index (χ0) is 33.2. The van der Waals surface area contributed by atoms with E-state index in [1.807, 2.05) is 0 Å². The van der Waals surface area contributed by atoms with Crippen molar-refractivity contribution < 1.29 is 8.83 Å². The van der Waals surface area contributed by atoms with E-state index in [2.05, 4.69) is 168 Å². The van der Waals surface area contributed by atoms with Crippen molar-refractivity contribution in [1.29, 1.82) is 0 Å². The van der Waals surface area contributed by atoms with Gasteiger partial charge in [0.1, 0.15) is 22.3 Å². The van der Waals surface area contributed by atoms with Crippen molar-refractivity contribution in [2.24, 2.45) is 0 Å². The van der Waals surface area contributed by atoms with Crippen LogP contribution in [-0.4, -0.2) is 4.57 Å². The van der Waals surface area contributed by atoms with Gasteiger partial charge in [-0.1, -0.05) is 109 Å². The number of rotatable bonds is 3. The molecule has 0 saturated heterocycles. The van der Waals surface area contributed by atoms with Crippen LogP contribution in [0.3, 0.4) is 0 Å². The summed E-state index contributed by atoms with van der Waals surface area (Å²) >= 11 is 0. The number of aromatic nitrogens is 1. The van der Waals surface area contributed by atoms with Gasteiger partial charge < -0.3 is 13.4 Å². The number of hydrogen-bond acceptors (Lipinski definition) is 2. The molecule has 0 radical (unpaired) electrons. The van der Waals surface area contributed by atoms with Gasteiger partial charge >= 0.3 is 0 Å². The van der Waals surface area contributed by atoms with Gasteiger partial charge in [0.15, 0.2) is 0 Å². The summed E-state index contributed by atoms with van der Waals surface area (Å²) in [5.41, 5.74) is 11.9. The van der Waals surface area contributed by atoms with E-state index < -0.39 is 0 Å². The predicted molar refractivity (Wildman–Crippen MR) is 212 cm³/mol. The third-order valence-electron chi connectivity index (χ3n) is 10.9. The van der Waals surface area contributed by atoms with Gasteiger partial charge in [0.2, 0.25) is 0 Å². The lowest BCUT2D eigenvalue weighted by molar-refractivity contribution is 0.666. The van der Waals surface area contributed by atoms with Gasteiger partial charge in [0, 0.05) is 43.4 Å². The minimum atomic E-state index is 0.876. The molecule has 0 amide bonds. The Morgan fingerprint density at radius 1 is 0.314 bits per heavy atom. The number of furan rings is 2. The Morgan fingerprint density at radius 3 is 1.88 bits per heavy atom. The minimum Gasteiger partial charge on any atom is -0.456 e. The van der Waals surface area contributed by atoms with Crippen LogP contribution in [0.5, 0.6) is 0 Å². The zero-order valence-corrected chi connectivity index (χ0v) is 27.4. The first kappa shape index (κ1) is 27.0. The fourth-order valence-electron chi connectivity index (χ4n) is 8.69. The average molecular weight is 650 g/mol. The van der Waals surface area contributed by atoms with E-state index in [4.69, 9.17) is 8.83 Å². The highest BCUT2D eigenvalue weighted by Crippen LogP contribution is 2.48. The number of hydrogen-bond donors (Lipinski definition) is 0. The molecule has 51 heavy (non-hydrogen) atoms. The second kappa shape index (κ2) is 9.87. The summed E-state index contributed by atoms with van der Waals surface area (Å²) < 4.78 is 15.7. The molecule has 3 heteroatoms. The normalized spacial score (nSPS) is 12.3. The number of benzene rings is 9. The molecule has 0 atom stereocenters. The minimum absolute atomic E-state index is 0.876. The number of nitrogens with zero attached hydrogens (tertiary/aromatic N) is 1. The van der Waals surface area contributed by atoms with E-state index >= 15 is 0 Å². The van der Waals surface area contributed by atoms with Crippen molar-refractivity contribution in [3.05, 3.63) is 164 Å². The van der Waals surface area contributed by atoms with Crippen molar-refractivity contribution in [1.82, 2.24) is 4.57 Å². The predicted octanol–water partition coefficient (Wildman–Crippen LogP) is 13.7. The van der Waals surface area contributed by atoms with E-state index in [1.165, 1.54) is 60.0 Å². The molecule has 0 bridgehead atoms. The van der Waals surface area contributed by atoms with Crippen molar-refractivity contribution >= 4 is 87.2 Å². The Kier molecular flexibility index (Phi) is 5.23. The van der Waals surface area contributed by atoms with Crippen LogP contribution in [0.4, 0.5) is 0 Å². The maximum absolute atomic E-state index is 6.75. The molecule has 0 saturated carbocycles. The Labute approximate surface area is 291 Å². The van der Waals surface area contributed by atoms with Gasteiger partial charge in [-0.25, -0.2) is 0 Å². The molecule has 3 aromatic heterocycles. The Balaban J connectivity index is 1.07. The molecule has 0 aliphatic rings. The highest BCUT2D eigenvalue weighted by atomic mass is 16.3. The van der Waals surface area contributed by atoms with E-state index in [-0.39, 0.29) is 0 Å². The summed E-state index contributed by atoms with van der Waals surface area (Å²) in [5.74, 6) is 0. The molecule has 0 aliphatic carbocycles. The van der Waals surface area contributed by atoms with Crippen LogP contribution in [0.15, 0.2) is 173 Å². The second-order valence-corrected chi connectivity index (χ2v) is 13.6. The largest absolute Gasteiger partial charge is 0.456 e. The highest BCUT2D eigenvalue weighted by molar-refractivity contribution is 6.38. The lowest BCUT2D eigenvalue weighted by atomic mass is 9.93. The van der Waals surface area contributed by atoms with Gasteiger partial charge in [-0.3, -0.25) is 0 Å². The molecule has 9 aromatic carbocycles. The van der Waals surface area contributed by atoms with E-state index in [0.29, 0.717) is 0 Å². The summed E-state index contributed by atoms with van der Waals surface area (Å²) in [4.78, 5) is 0. The number of para-hydroxylation sites is 1. The second-order valence-electron chi connectivity index (χ2n) is 13.6. The van der Waals surface area contributed by atoms with E-state index in [1.54, 1.807) is 0 Å². The monoisotopic (exact) mass is 649 g/mol. The van der Waals surface area contributed by atoms with Crippen LogP contribution < -0.4 is 0 Å². The molecule has 0 spiro atoms. The Bertz CT molecular complexity index is 3360. The summed E-state index contributed by atoms with van der Waals surface area (Å²) in [6, 6.07) is 58.8. The van der Waals surface area contributed by atoms with Crippen molar-refractivity contribution in [3.63, 3.8) is 0 Å². The standard InChI is InChI=1S/C48H27NO2/c1-2-10-28(11-3-1)29-12-8-13-32(24-29)49-40-18-7-6-15-34(40)37-25-30(20-22-41(37)49)31-21-23-42-38(26-31)39-27-44-47-45-35(17-9-19-43(45)50-44)33-14-4-5-16-36(33)46(47)48(39)51-42/h1-27H. The van der Waals surface area contributed by atoms with Crippen LogP contribution in [0.25, 0.3) is 115 Å². The van der Waals surface area contributed by atoms with E-state index in [9.17, 15) is 0 Å². The Hall–Kier alpha value is -6.84. The average Bonchev–Trinajstić information content (AvgIpc) is 3.86. The molecule has 3 heterocycles. The van der Waals surface area contributed by atoms with Gasteiger partial charge in [0.05, 0.1) is 11.0 Å². The van der Waals surface area contributed by atoms with Crippen LogP contribution >= 0.6 is 0 Å². The summed E-state index contributed by atoms with van der Waals surface area (Å²) in [7, 11) is 0. The molecular formula is C48H27NO2. The van der Waals surface area contributed by atoms with Gasteiger partial charge in [0.25, 0.3) is 0 Å². The fourth-order valence-corrected chi connectivity index (χ4v) is 8.69. The van der Waals surface area contributed by atoms with Gasteiger partial charge in [-0.15, -0.1) is 0 Å². The molecule has 12 rings (SSSR count). The first-order chi connectivity index (χ1) is 25.3. The van der Waals surface area contributed by atoms with Gasteiger partial charge in [-0.05, 0) is 93.0 Å². The fraction of sp³-hybridized carbons (Fsp3) is 0. The smallest absolute Gasteiger partial charge is 0.144 e. The summed E-state index contributed by atoms with van der Waals surface area (Å²) in [5, 5.41) is 11.7. The van der Waals surface area contributed by atoms with Crippen molar-refractivity contribution in [3.8, 4) is 27.9 Å². The third kappa shape index (κ3) is 3.67. The maximum Gasteiger partial charge on any atom is 0.144 e. The molecule has 3 nitrogen and oxygen atoms in total. The maximum atomic E-state index is 6.75. The summed E-state index contributed by atoms with van der Waals surface area (Å²) in [6.45, 7) is 0. The zero-order valence-electron chi connectivity index (χ0n) is 27.4. The molecule has 0 unspecified atom stereocenters. The lowest BCUT2D eigenvalue weighted by Crippen LogP contribution is -1.94. The molecule has 0 aliphatic heterocycles. The van der Waals surface area contributed by atoms with Crippen LogP contribution in [0.1, 0.15) is 0 Å². The molecule has 0 fully saturated rings. The molecular weight excluding hydrogens is 623 g/mol. The lowest BCUT2D eigenvalue weighted by Gasteiger charge is -2.11. The van der Waals surface area contributed by atoms with Gasteiger partial charge in [-0.2, -0.15) is 0 Å².